The lowest BCUT2D eigenvalue weighted by atomic mass is 10.2. The number of benzene rings is 1. The van der Waals surface area contributed by atoms with Crippen LogP contribution in [0.5, 0.6) is 11.5 Å². The Morgan fingerprint density at radius 3 is 2.68 bits per heavy atom. The van der Waals surface area contributed by atoms with Gasteiger partial charge in [-0.05, 0) is 36.8 Å². The second kappa shape index (κ2) is 5.63. The van der Waals surface area contributed by atoms with Crippen molar-refractivity contribution >= 4 is 11.3 Å². The lowest BCUT2D eigenvalue weighted by molar-refractivity contribution is 0.171. The van der Waals surface area contributed by atoms with Crippen molar-refractivity contribution in [3.63, 3.8) is 0 Å². The van der Waals surface area contributed by atoms with Crippen LogP contribution in [0.25, 0.3) is 0 Å². The van der Waals surface area contributed by atoms with Crippen LogP contribution in [0, 0.1) is 6.92 Å². The zero-order valence-electron chi connectivity index (χ0n) is 10.9. The maximum atomic E-state index is 5.58. The van der Waals surface area contributed by atoms with Gasteiger partial charge in [-0.2, -0.15) is 0 Å². The molecule has 3 rings (SSSR count). The molecular formula is C15H17NO2S. The smallest absolute Gasteiger partial charge is 0.161 e. The maximum absolute atomic E-state index is 5.58. The summed E-state index contributed by atoms with van der Waals surface area (Å²) in [7, 11) is 0. The van der Waals surface area contributed by atoms with Crippen LogP contribution in [0.4, 0.5) is 0 Å². The molecule has 0 bridgehead atoms. The average molecular weight is 275 g/mol. The van der Waals surface area contributed by atoms with E-state index in [9.17, 15) is 0 Å². The van der Waals surface area contributed by atoms with E-state index >= 15 is 0 Å². The minimum Gasteiger partial charge on any atom is -0.486 e. The quantitative estimate of drug-likeness (QED) is 0.930. The first kappa shape index (κ1) is 12.5. The summed E-state index contributed by atoms with van der Waals surface area (Å²) in [5.41, 5.74) is 1.22. The fourth-order valence-electron chi connectivity index (χ4n) is 2.11. The molecule has 0 aliphatic carbocycles. The Balaban J connectivity index is 1.58. The molecule has 0 saturated heterocycles. The Kier molecular flexibility index (Phi) is 3.71. The van der Waals surface area contributed by atoms with E-state index < -0.39 is 0 Å². The van der Waals surface area contributed by atoms with E-state index in [4.69, 9.17) is 9.47 Å². The molecule has 4 heteroatoms. The van der Waals surface area contributed by atoms with Gasteiger partial charge in [0.05, 0.1) is 0 Å². The minimum absolute atomic E-state index is 0.637. The number of rotatable bonds is 4. The van der Waals surface area contributed by atoms with Crippen LogP contribution in [0.1, 0.15) is 15.3 Å². The van der Waals surface area contributed by atoms with Crippen molar-refractivity contribution in [3.05, 3.63) is 45.6 Å². The Labute approximate surface area is 117 Å². The fraction of sp³-hybridized carbons (Fsp3) is 0.333. The van der Waals surface area contributed by atoms with E-state index in [1.165, 1.54) is 15.3 Å². The first-order valence-corrected chi connectivity index (χ1v) is 7.27. The predicted molar refractivity (Wildman–Crippen MR) is 77.0 cm³/mol. The van der Waals surface area contributed by atoms with E-state index in [0.717, 1.165) is 24.6 Å². The van der Waals surface area contributed by atoms with E-state index in [1.54, 1.807) is 0 Å². The molecule has 0 amide bonds. The Bertz CT molecular complexity index is 565. The van der Waals surface area contributed by atoms with Crippen LogP contribution >= 0.6 is 11.3 Å². The van der Waals surface area contributed by atoms with Crippen molar-refractivity contribution in [2.24, 2.45) is 0 Å². The Morgan fingerprint density at radius 2 is 1.89 bits per heavy atom. The molecule has 0 unspecified atom stereocenters. The van der Waals surface area contributed by atoms with Gasteiger partial charge in [0.2, 0.25) is 0 Å². The van der Waals surface area contributed by atoms with Crippen molar-refractivity contribution in [3.8, 4) is 11.5 Å². The van der Waals surface area contributed by atoms with E-state index in [2.05, 4.69) is 36.5 Å². The number of nitrogens with one attached hydrogen (secondary N) is 1. The maximum Gasteiger partial charge on any atom is 0.161 e. The summed E-state index contributed by atoms with van der Waals surface area (Å²) in [6, 6.07) is 10.5. The van der Waals surface area contributed by atoms with Gasteiger partial charge >= 0.3 is 0 Å². The summed E-state index contributed by atoms with van der Waals surface area (Å²) in [6.07, 6.45) is 0. The Morgan fingerprint density at radius 1 is 1.05 bits per heavy atom. The number of thiophene rings is 1. The number of hydrogen-bond acceptors (Lipinski definition) is 4. The summed E-state index contributed by atoms with van der Waals surface area (Å²) in [4.78, 5) is 2.73. The predicted octanol–water partition coefficient (Wildman–Crippen LogP) is 3.12. The normalized spacial score (nSPS) is 13.5. The van der Waals surface area contributed by atoms with Gasteiger partial charge in [0.15, 0.2) is 11.5 Å². The minimum atomic E-state index is 0.637. The summed E-state index contributed by atoms with van der Waals surface area (Å²) >= 11 is 1.84. The molecule has 3 nitrogen and oxygen atoms in total. The van der Waals surface area contributed by atoms with Gasteiger partial charge in [0.25, 0.3) is 0 Å². The molecule has 0 atom stereocenters. The van der Waals surface area contributed by atoms with Crippen molar-refractivity contribution in [2.45, 2.75) is 20.0 Å². The standard InChI is InChI=1S/C15H17NO2S/c1-11-2-4-13(19-11)10-16-9-12-3-5-14-15(8-12)18-7-6-17-14/h2-5,8,16H,6-7,9-10H2,1H3. The molecule has 1 aromatic heterocycles. The third-order valence-corrected chi connectivity index (χ3v) is 4.03. The van der Waals surface area contributed by atoms with E-state index in [-0.39, 0.29) is 0 Å². The third-order valence-electron chi connectivity index (χ3n) is 3.03. The summed E-state index contributed by atoms with van der Waals surface area (Å²) in [6.45, 7) is 5.16. The average Bonchev–Trinajstić information content (AvgIpc) is 2.84. The molecule has 0 saturated carbocycles. The van der Waals surface area contributed by atoms with Crippen LogP contribution in [-0.4, -0.2) is 13.2 Å². The van der Waals surface area contributed by atoms with Crippen LogP contribution in [-0.2, 0) is 13.1 Å². The molecule has 0 spiro atoms. The van der Waals surface area contributed by atoms with Crippen LogP contribution in [0.3, 0.4) is 0 Å². The highest BCUT2D eigenvalue weighted by molar-refractivity contribution is 7.11. The monoisotopic (exact) mass is 275 g/mol. The third kappa shape index (κ3) is 3.08. The lowest BCUT2D eigenvalue weighted by Crippen LogP contribution is -2.16. The van der Waals surface area contributed by atoms with E-state index in [1.807, 2.05) is 17.4 Å². The Hall–Kier alpha value is -1.52. The highest BCUT2D eigenvalue weighted by Crippen LogP contribution is 2.30. The van der Waals surface area contributed by atoms with Gasteiger partial charge < -0.3 is 14.8 Å². The van der Waals surface area contributed by atoms with Crippen molar-refractivity contribution in [1.29, 1.82) is 0 Å². The molecular weight excluding hydrogens is 258 g/mol. The molecule has 1 N–H and O–H groups in total. The van der Waals surface area contributed by atoms with Gasteiger partial charge in [-0.15, -0.1) is 11.3 Å². The molecule has 2 heterocycles. The molecule has 1 aliphatic rings. The number of fused-ring (bicyclic) bond motifs is 1. The van der Waals surface area contributed by atoms with Crippen molar-refractivity contribution < 1.29 is 9.47 Å². The fourth-order valence-corrected chi connectivity index (χ4v) is 2.97. The second-order valence-corrected chi connectivity index (χ2v) is 5.97. The molecule has 0 radical (unpaired) electrons. The van der Waals surface area contributed by atoms with E-state index in [0.29, 0.717) is 13.2 Å². The molecule has 1 aliphatic heterocycles. The van der Waals surface area contributed by atoms with Gasteiger partial charge in [0.1, 0.15) is 13.2 Å². The van der Waals surface area contributed by atoms with Gasteiger partial charge in [-0.1, -0.05) is 6.07 Å². The van der Waals surface area contributed by atoms with Crippen LogP contribution < -0.4 is 14.8 Å². The zero-order valence-corrected chi connectivity index (χ0v) is 11.8. The number of ether oxygens (including phenoxy) is 2. The first-order chi connectivity index (χ1) is 9.31. The molecule has 100 valence electrons. The molecule has 2 aromatic rings. The highest BCUT2D eigenvalue weighted by Gasteiger charge is 2.11. The lowest BCUT2D eigenvalue weighted by Gasteiger charge is -2.18. The number of aryl methyl sites for hydroxylation is 1. The number of hydrogen-bond donors (Lipinski definition) is 1. The molecule has 1 aromatic carbocycles. The van der Waals surface area contributed by atoms with Crippen molar-refractivity contribution in [1.82, 2.24) is 5.32 Å². The SMILES string of the molecule is Cc1ccc(CNCc2ccc3c(c2)OCCO3)s1. The molecule has 0 fully saturated rings. The van der Waals surface area contributed by atoms with Crippen LogP contribution in [0.15, 0.2) is 30.3 Å². The van der Waals surface area contributed by atoms with Crippen molar-refractivity contribution in [2.75, 3.05) is 13.2 Å². The first-order valence-electron chi connectivity index (χ1n) is 6.46. The van der Waals surface area contributed by atoms with Crippen LogP contribution in [0.2, 0.25) is 0 Å². The zero-order chi connectivity index (χ0) is 13.1. The second-order valence-electron chi connectivity index (χ2n) is 4.59. The topological polar surface area (TPSA) is 30.5 Å². The van der Waals surface area contributed by atoms with Gasteiger partial charge in [-0.25, -0.2) is 0 Å². The highest BCUT2D eigenvalue weighted by atomic mass is 32.1. The summed E-state index contributed by atoms with van der Waals surface area (Å²) in [5.74, 6) is 1.71. The largest absolute Gasteiger partial charge is 0.486 e. The summed E-state index contributed by atoms with van der Waals surface area (Å²) < 4.78 is 11.1. The summed E-state index contributed by atoms with van der Waals surface area (Å²) in [5, 5.41) is 3.45. The van der Waals surface area contributed by atoms with Gasteiger partial charge in [0, 0.05) is 22.8 Å². The molecule has 19 heavy (non-hydrogen) atoms. The van der Waals surface area contributed by atoms with Gasteiger partial charge in [-0.3, -0.25) is 0 Å².